The number of benzene rings is 1. The minimum atomic E-state index is -3.60. The van der Waals surface area contributed by atoms with E-state index in [0.717, 1.165) is 11.4 Å². The lowest BCUT2D eigenvalue weighted by Gasteiger charge is -2.07. The Balaban J connectivity index is 2.21. The standard InChI is InChI=1S/C13H17N3O2S2/c1-9(2)8-12-14-15-13(19-12)16-20(17,18)11-7-5-4-6-10(11)3/h4-7,9H,8H2,1-3H3,(H,15,16). The summed E-state index contributed by atoms with van der Waals surface area (Å²) in [5.41, 5.74) is 0.701. The number of hydrogen-bond acceptors (Lipinski definition) is 5. The van der Waals surface area contributed by atoms with E-state index < -0.39 is 10.0 Å². The number of hydrogen-bond donors (Lipinski definition) is 1. The van der Waals surface area contributed by atoms with Crippen LogP contribution in [0.25, 0.3) is 0 Å². The lowest BCUT2D eigenvalue weighted by molar-refractivity contribution is 0.600. The molecule has 0 fully saturated rings. The Morgan fingerprint density at radius 1 is 1.25 bits per heavy atom. The van der Waals surface area contributed by atoms with Crippen LogP contribution in [0.15, 0.2) is 29.2 Å². The highest BCUT2D eigenvalue weighted by atomic mass is 32.2. The van der Waals surface area contributed by atoms with Crippen LogP contribution in [0.2, 0.25) is 0 Å². The first-order valence-electron chi connectivity index (χ1n) is 6.29. The first-order chi connectivity index (χ1) is 9.38. The quantitative estimate of drug-likeness (QED) is 0.921. The number of aromatic nitrogens is 2. The molecule has 2 rings (SSSR count). The van der Waals surface area contributed by atoms with E-state index in [9.17, 15) is 8.42 Å². The summed E-state index contributed by atoms with van der Waals surface area (Å²) in [6, 6.07) is 6.85. The fourth-order valence-corrected chi connectivity index (χ4v) is 4.18. The summed E-state index contributed by atoms with van der Waals surface area (Å²) >= 11 is 1.28. The van der Waals surface area contributed by atoms with Crippen LogP contribution in [0.1, 0.15) is 24.4 Å². The van der Waals surface area contributed by atoms with Crippen LogP contribution in [0.3, 0.4) is 0 Å². The van der Waals surface area contributed by atoms with E-state index in [0.29, 0.717) is 16.6 Å². The molecule has 0 bridgehead atoms. The van der Waals surface area contributed by atoms with Gasteiger partial charge in [0, 0.05) is 6.42 Å². The zero-order valence-electron chi connectivity index (χ0n) is 11.6. The molecule has 20 heavy (non-hydrogen) atoms. The van der Waals surface area contributed by atoms with Gasteiger partial charge < -0.3 is 0 Å². The van der Waals surface area contributed by atoms with E-state index >= 15 is 0 Å². The van der Waals surface area contributed by atoms with Crippen molar-refractivity contribution < 1.29 is 8.42 Å². The van der Waals surface area contributed by atoms with Crippen LogP contribution in [0.4, 0.5) is 5.13 Å². The van der Waals surface area contributed by atoms with E-state index in [4.69, 9.17) is 0 Å². The first kappa shape index (κ1) is 14.9. The van der Waals surface area contributed by atoms with Crippen molar-refractivity contribution in [3.8, 4) is 0 Å². The van der Waals surface area contributed by atoms with Crippen molar-refractivity contribution in [1.82, 2.24) is 10.2 Å². The van der Waals surface area contributed by atoms with Gasteiger partial charge in [0.1, 0.15) is 5.01 Å². The monoisotopic (exact) mass is 311 g/mol. The fourth-order valence-electron chi connectivity index (χ4n) is 1.75. The van der Waals surface area contributed by atoms with E-state index in [2.05, 4.69) is 28.8 Å². The zero-order valence-corrected chi connectivity index (χ0v) is 13.3. The normalized spacial score (nSPS) is 11.8. The Hall–Kier alpha value is -1.47. The molecule has 0 saturated carbocycles. The second kappa shape index (κ2) is 5.88. The van der Waals surface area contributed by atoms with E-state index in [1.165, 1.54) is 11.3 Å². The van der Waals surface area contributed by atoms with Gasteiger partial charge in [-0.15, -0.1) is 10.2 Å². The van der Waals surface area contributed by atoms with Crippen molar-refractivity contribution in [3.63, 3.8) is 0 Å². The van der Waals surface area contributed by atoms with Crippen LogP contribution in [0, 0.1) is 12.8 Å². The second-order valence-corrected chi connectivity index (χ2v) is 7.68. The Morgan fingerprint density at radius 2 is 1.95 bits per heavy atom. The highest BCUT2D eigenvalue weighted by Gasteiger charge is 2.18. The summed E-state index contributed by atoms with van der Waals surface area (Å²) in [7, 11) is -3.60. The molecule has 0 radical (unpaired) electrons. The summed E-state index contributed by atoms with van der Waals surface area (Å²) in [6.45, 7) is 5.93. The first-order valence-corrected chi connectivity index (χ1v) is 8.59. The average molecular weight is 311 g/mol. The molecular formula is C13H17N3O2S2. The Morgan fingerprint density at radius 3 is 2.60 bits per heavy atom. The summed E-state index contributed by atoms with van der Waals surface area (Å²) in [6.07, 6.45) is 0.795. The molecule has 1 N–H and O–H groups in total. The van der Waals surface area contributed by atoms with Gasteiger partial charge in [0.25, 0.3) is 10.0 Å². The van der Waals surface area contributed by atoms with E-state index in [1.807, 2.05) is 0 Å². The molecule has 0 amide bonds. The molecule has 1 aromatic carbocycles. The predicted molar refractivity (Wildman–Crippen MR) is 80.4 cm³/mol. The maximum atomic E-state index is 12.3. The lowest BCUT2D eigenvalue weighted by atomic mass is 10.1. The number of anilines is 1. The minimum Gasteiger partial charge on any atom is -0.253 e. The third-order valence-electron chi connectivity index (χ3n) is 2.65. The van der Waals surface area contributed by atoms with Crippen molar-refractivity contribution in [1.29, 1.82) is 0 Å². The molecule has 1 heterocycles. The molecule has 2 aromatic rings. The smallest absolute Gasteiger partial charge is 0.253 e. The van der Waals surface area contributed by atoms with E-state index in [1.54, 1.807) is 31.2 Å². The Kier molecular flexibility index (Phi) is 4.39. The molecule has 0 unspecified atom stereocenters. The SMILES string of the molecule is Cc1ccccc1S(=O)(=O)Nc1nnc(CC(C)C)s1. The largest absolute Gasteiger partial charge is 0.263 e. The van der Waals surface area contributed by atoms with Gasteiger partial charge in [-0.2, -0.15) is 0 Å². The topological polar surface area (TPSA) is 72.0 Å². The summed E-state index contributed by atoms with van der Waals surface area (Å²) < 4.78 is 27.0. The third kappa shape index (κ3) is 3.55. The number of aryl methyl sites for hydroxylation is 1. The molecule has 5 nitrogen and oxygen atoms in total. The molecule has 1 aromatic heterocycles. The van der Waals surface area contributed by atoms with Crippen molar-refractivity contribution in [3.05, 3.63) is 34.8 Å². The van der Waals surface area contributed by atoms with Gasteiger partial charge in [-0.1, -0.05) is 43.4 Å². The summed E-state index contributed by atoms with van der Waals surface area (Å²) in [5.74, 6) is 0.462. The maximum absolute atomic E-state index is 12.3. The van der Waals surface area contributed by atoms with Crippen molar-refractivity contribution >= 4 is 26.5 Å². The van der Waals surface area contributed by atoms with Crippen molar-refractivity contribution in [2.45, 2.75) is 32.1 Å². The van der Waals surface area contributed by atoms with Crippen molar-refractivity contribution in [2.24, 2.45) is 5.92 Å². The molecule has 0 aliphatic carbocycles. The van der Waals surface area contributed by atoms with E-state index in [-0.39, 0.29) is 4.90 Å². The number of nitrogens with zero attached hydrogens (tertiary/aromatic N) is 2. The Bertz CT molecular complexity index is 693. The number of sulfonamides is 1. The van der Waals surface area contributed by atoms with Crippen LogP contribution < -0.4 is 4.72 Å². The third-order valence-corrected chi connectivity index (χ3v) is 5.14. The summed E-state index contributed by atoms with van der Waals surface area (Å²) in [5, 5.41) is 9.03. The highest BCUT2D eigenvalue weighted by Crippen LogP contribution is 2.23. The van der Waals surface area contributed by atoms with Gasteiger partial charge >= 0.3 is 0 Å². The van der Waals surface area contributed by atoms with Gasteiger partial charge in [0.2, 0.25) is 5.13 Å². The van der Waals surface area contributed by atoms with Crippen LogP contribution in [-0.4, -0.2) is 18.6 Å². The van der Waals surface area contributed by atoms with Gasteiger partial charge in [-0.25, -0.2) is 8.42 Å². The van der Waals surface area contributed by atoms with Crippen LogP contribution in [0.5, 0.6) is 0 Å². The molecule has 0 saturated heterocycles. The second-order valence-electron chi connectivity index (χ2n) is 4.97. The Labute approximate surface area is 123 Å². The lowest BCUT2D eigenvalue weighted by Crippen LogP contribution is -2.13. The number of rotatable bonds is 5. The molecule has 108 valence electrons. The van der Waals surface area contributed by atoms with Gasteiger partial charge in [-0.05, 0) is 24.5 Å². The zero-order chi connectivity index (χ0) is 14.8. The average Bonchev–Trinajstić information content (AvgIpc) is 2.75. The van der Waals surface area contributed by atoms with Gasteiger partial charge in [-0.3, -0.25) is 4.72 Å². The molecule has 0 atom stereocenters. The van der Waals surface area contributed by atoms with Crippen molar-refractivity contribution in [2.75, 3.05) is 4.72 Å². The fraction of sp³-hybridized carbons (Fsp3) is 0.385. The molecule has 0 aliphatic heterocycles. The molecule has 0 aliphatic rings. The predicted octanol–water partition coefficient (Wildman–Crippen LogP) is 2.85. The van der Waals surface area contributed by atoms with Crippen LogP contribution >= 0.6 is 11.3 Å². The van der Waals surface area contributed by atoms with Crippen LogP contribution in [-0.2, 0) is 16.4 Å². The molecular weight excluding hydrogens is 294 g/mol. The summed E-state index contributed by atoms with van der Waals surface area (Å²) in [4.78, 5) is 0.264. The number of nitrogens with one attached hydrogen (secondary N) is 1. The molecule has 0 spiro atoms. The highest BCUT2D eigenvalue weighted by molar-refractivity contribution is 7.93. The van der Waals surface area contributed by atoms with Gasteiger partial charge in [0.15, 0.2) is 0 Å². The molecule has 7 heteroatoms. The van der Waals surface area contributed by atoms with Gasteiger partial charge in [0.05, 0.1) is 4.90 Å². The minimum absolute atomic E-state index is 0.264. The maximum Gasteiger partial charge on any atom is 0.263 e.